The van der Waals surface area contributed by atoms with Gasteiger partial charge in [0.25, 0.3) is 0 Å². The topological polar surface area (TPSA) is 12.9 Å². The molecule has 0 saturated heterocycles. The smallest absolute Gasteiger partial charge is 0.0340 e. The first-order chi connectivity index (χ1) is 5.79. The molecule has 0 N–H and O–H groups in total. The lowest BCUT2D eigenvalue weighted by Gasteiger charge is -1.96. The first kappa shape index (κ1) is 8.98. The van der Waals surface area contributed by atoms with Crippen LogP contribution in [0.15, 0.2) is 30.6 Å². The maximum Gasteiger partial charge on any atom is 0.0340 e. The highest BCUT2D eigenvalue weighted by Gasteiger charge is 1.87. The molecule has 0 amide bonds. The van der Waals surface area contributed by atoms with E-state index in [-0.39, 0.29) is 0 Å². The van der Waals surface area contributed by atoms with Crippen molar-refractivity contribution in [1.82, 2.24) is 4.98 Å². The van der Waals surface area contributed by atoms with Crippen LogP contribution in [0.5, 0.6) is 0 Å². The third-order valence-corrected chi connectivity index (χ3v) is 1.60. The third-order valence-electron chi connectivity index (χ3n) is 1.60. The Labute approximate surface area is 74.2 Å². The molecule has 0 fully saturated rings. The van der Waals surface area contributed by atoms with Crippen LogP contribution >= 0.6 is 0 Å². The van der Waals surface area contributed by atoms with E-state index in [1.807, 2.05) is 12.3 Å². The van der Waals surface area contributed by atoms with Gasteiger partial charge in [-0.1, -0.05) is 32.1 Å². The Morgan fingerprint density at radius 2 is 2.33 bits per heavy atom. The highest BCUT2D eigenvalue weighted by Crippen LogP contribution is 2.04. The molecule has 0 saturated carbocycles. The van der Waals surface area contributed by atoms with Crippen molar-refractivity contribution >= 4 is 6.08 Å². The van der Waals surface area contributed by atoms with E-state index in [2.05, 4.69) is 37.0 Å². The molecular weight excluding hydrogens is 146 g/mol. The van der Waals surface area contributed by atoms with Gasteiger partial charge in [0.2, 0.25) is 0 Å². The zero-order chi connectivity index (χ0) is 8.81. The van der Waals surface area contributed by atoms with Crippen LogP contribution in [0.3, 0.4) is 0 Å². The monoisotopic (exact) mass is 161 g/mol. The Morgan fingerprint density at radius 1 is 1.50 bits per heavy atom. The molecule has 0 atom stereocenters. The van der Waals surface area contributed by atoms with Gasteiger partial charge in [-0.05, 0) is 24.0 Å². The van der Waals surface area contributed by atoms with Crippen LogP contribution in [-0.2, 0) is 0 Å². The van der Waals surface area contributed by atoms with Crippen molar-refractivity contribution in [2.45, 2.75) is 20.3 Å². The highest BCUT2D eigenvalue weighted by atomic mass is 14.6. The predicted octanol–water partition coefficient (Wildman–Crippen LogP) is 3.14. The zero-order valence-corrected chi connectivity index (χ0v) is 7.70. The molecule has 0 spiro atoms. The first-order valence-corrected chi connectivity index (χ1v) is 4.35. The van der Waals surface area contributed by atoms with Gasteiger partial charge in [-0.2, -0.15) is 0 Å². The first-order valence-electron chi connectivity index (χ1n) is 4.35. The Hall–Kier alpha value is -1.11. The van der Waals surface area contributed by atoms with E-state index >= 15 is 0 Å². The van der Waals surface area contributed by atoms with Crippen molar-refractivity contribution in [3.8, 4) is 0 Å². The van der Waals surface area contributed by atoms with Crippen LogP contribution in [0.2, 0.25) is 0 Å². The normalized spacial score (nSPS) is 11.2. The predicted molar refractivity (Wildman–Crippen MR) is 52.7 cm³/mol. The number of rotatable bonds is 3. The molecule has 12 heavy (non-hydrogen) atoms. The van der Waals surface area contributed by atoms with E-state index in [0.29, 0.717) is 0 Å². The minimum absolute atomic E-state index is 0.734. The van der Waals surface area contributed by atoms with Crippen LogP contribution < -0.4 is 0 Å². The van der Waals surface area contributed by atoms with E-state index in [0.717, 1.165) is 12.3 Å². The fraction of sp³-hybridized carbons (Fsp3) is 0.364. The van der Waals surface area contributed by atoms with Gasteiger partial charge >= 0.3 is 0 Å². The lowest BCUT2D eigenvalue weighted by molar-refractivity contribution is 0.665. The molecule has 64 valence electrons. The molecule has 1 heterocycles. The number of hydrogen-bond donors (Lipinski definition) is 0. The number of hydrogen-bond acceptors (Lipinski definition) is 1. The Balaban J connectivity index is 2.47. The largest absolute Gasteiger partial charge is 0.264 e. The summed E-state index contributed by atoms with van der Waals surface area (Å²) >= 11 is 0. The Bertz CT molecular complexity index is 236. The molecular formula is C11H15N. The minimum Gasteiger partial charge on any atom is -0.264 e. The molecule has 1 nitrogen and oxygen atoms in total. The van der Waals surface area contributed by atoms with Crippen LogP contribution in [0, 0.1) is 5.92 Å². The second-order valence-corrected chi connectivity index (χ2v) is 3.32. The molecule has 0 unspecified atom stereocenters. The van der Waals surface area contributed by atoms with Gasteiger partial charge < -0.3 is 0 Å². The summed E-state index contributed by atoms with van der Waals surface area (Å²) in [5, 5.41) is 0. The molecule has 0 aromatic carbocycles. The zero-order valence-electron chi connectivity index (χ0n) is 7.70. The summed E-state index contributed by atoms with van der Waals surface area (Å²) in [4.78, 5) is 4.03. The van der Waals surface area contributed by atoms with Gasteiger partial charge in [0.15, 0.2) is 0 Å². The van der Waals surface area contributed by atoms with Crippen LogP contribution in [0.1, 0.15) is 25.8 Å². The van der Waals surface area contributed by atoms with Gasteiger partial charge in [0.05, 0.1) is 0 Å². The Morgan fingerprint density at radius 3 is 2.92 bits per heavy atom. The fourth-order valence-electron chi connectivity index (χ4n) is 0.951. The summed E-state index contributed by atoms with van der Waals surface area (Å²) in [7, 11) is 0. The average molecular weight is 161 g/mol. The molecule has 0 aliphatic carbocycles. The van der Waals surface area contributed by atoms with Crippen LogP contribution in [0.25, 0.3) is 6.08 Å². The standard InChI is InChI=1S/C11H15N/c1-10(2)5-3-6-11-7-4-8-12-9-11/h3-4,6-10H,5H2,1-2H3/b6-3-. The Kier molecular flexibility index (Phi) is 3.52. The maximum atomic E-state index is 4.03. The van der Waals surface area contributed by atoms with E-state index < -0.39 is 0 Å². The lowest BCUT2D eigenvalue weighted by Crippen LogP contribution is -1.81. The molecule has 0 radical (unpaired) electrons. The molecule has 1 aromatic heterocycles. The van der Waals surface area contributed by atoms with Crippen molar-refractivity contribution in [1.29, 1.82) is 0 Å². The summed E-state index contributed by atoms with van der Waals surface area (Å²) in [6.45, 7) is 4.43. The van der Waals surface area contributed by atoms with E-state index in [4.69, 9.17) is 0 Å². The summed E-state index contributed by atoms with van der Waals surface area (Å²) in [5.41, 5.74) is 1.18. The minimum atomic E-state index is 0.734. The van der Waals surface area contributed by atoms with Crippen molar-refractivity contribution in [3.05, 3.63) is 36.2 Å². The molecule has 0 aliphatic rings. The number of nitrogens with zero attached hydrogens (tertiary/aromatic N) is 1. The summed E-state index contributed by atoms with van der Waals surface area (Å²) in [6.07, 6.45) is 9.11. The van der Waals surface area contributed by atoms with E-state index in [1.165, 1.54) is 5.56 Å². The maximum absolute atomic E-state index is 4.03. The van der Waals surface area contributed by atoms with Gasteiger partial charge in [-0.3, -0.25) is 4.98 Å². The molecule has 0 bridgehead atoms. The van der Waals surface area contributed by atoms with Crippen molar-refractivity contribution in [2.75, 3.05) is 0 Å². The lowest BCUT2D eigenvalue weighted by atomic mass is 10.1. The third kappa shape index (κ3) is 3.33. The van der Waals surface area contributed by atoms with Gasteiger partial charge in [-0.15, -0.1) is 0 Å². The summed E-state index contributed by atoms with van der Waals surface area (Å²) < 4.78 is 0. The second-order valence-electron chi connectivity index (χ2n) is 3.32. The van der Waals surface area contributed by atoms with Crippen molar-refractivity contribution in [3.63, 3.8) is 0 Å². The number of allylic oxidation sites excluding steroid dienone is 1. The highest BCUT2D eigenvalue weighted by molar-refractivity contribution is 5.47. The fourth-order valence-corrected chi connectivity index (χ4v) is 0.951. The SMILES string of the molecule is CC(C)C/C=C\c1cccnc1. The molecule has 1 heteroatoms. The molecule has 1 aromatic rings. The number of aromatic nitrogens is 1. The van der Waals surface area contributed by atoms with Crippen molar-refractivity contribution < 1.29 is 0 Å². The summed E-state index contributed by atoms with van der Waals surface area (Å²) in [5.74, 6) is 0.734. The summed E-state index contributed by atoms with van der Waals surface area (Å²) in [6, 6.07) is 4.01. The van der Waals surface area contributed by atoms with Crippen LogP contribution in [0.4, 0.5) is 0 Å². The van der Waals surface area contributed by atoms with Gasteiger partial charge in [0, 0.05) is 12.4 Å². The van der Waals surface area contributed by atoms with E-state index in [9.17, 15) is 0 Å². The molecule has 1 rings (SSSR count). The number of pyridine rings is 1. The molecule has 0 aliphatic heterocycles. The van der Waals surface area contributed by atoms with Crippen molar-refractivity contribution in [2.24, 2.45) is 5.92 Å². The van der Waals surface area contributed by atoms with Gasteiger partial charge in [0.1, 0.15) is 0 Å². The van der Waals surface area contributed by atoms with Crippen LogP contribution in [-0.4, -0.2) is 4.98 Å². The average Bonchev–Trinajstić information content (AvgIpc) is 2.05. The van der Waals surface area contributed by atoms with E-state index in [1.54, 1.807) is 6.20 Å². The second kappa shape index (κ2) is 4.70. The quantitative estimate of drug-likeness (QED) is 0.663. The van der Waals surface area contributed by atoms with Gasteiger partial charge in [-0.25, -0.2) is 0 Å².